The molecule has 1 aromatic carbocycles. The Balaban J connectivity index is 1.92. The summed E-state index contributed by atoms with van der Waals surface area (Å²) >= 11 is 0. The van der Waals surface area contributed by atoms with Crippen molar-refractivity contribution < 1.29 is 10.2 Å². The van der Waals surface area contributed by atoms with Crippen LogP contribution >= 0.6 is 0 Å². The maximum Gasteiger partial charge on any atom is 0.0640 e. The van der Waals surface area contributed by atoms with E-state index in [9.17, 15) is 5.11 Å². The van der Waals surface area contributed by atoms with Gasteiger partial charge in [0.25, 0.3) is 0 Å². The molecule has 1 heterocycles. The van der Waals surface area contributed by atoms with Gasteiger partial charge in [0.2, 0.25) is 0 Å². The fourth-order valence-electron chi connectivity index (χ4n) is 1.94. The molecule has 0 aliphatic heterocycles. The Labute approximate surface area is 112 Å². The first-order chi connectivity index (χ1) is 9.33. The van der Waals surface area contributed by atoms with Gasteiger partial charge in [0.15, 0.2) is 0 Å². The average Bonchev–Trinajstić information content (AvgIpc) is 2.89. The van der Waals surface area contributed by atoms with Crippen LogP contribution in [0.4, 0.5) is 0 Å². The minimum Gasteiger partial charge on any atom is -0.394 e. The molecule has 2 aromatic rings. The Morgan fingerprint density at radius 1 is 1.21 bits per heavy atom. The van der Waals surface area contributed by atoms with E-state index >= 15 is 0 Å². The minimum atomic E-state index is -0.0811. The van der Waals surface area contributed by atoms with Gasteiger partial charge in [0, 0.05) is 18.3 Å². The lowest BCUT2D eigenvalue weighted by atomic mass is 10.1. The van der Waals surface area contributed by atoms with Crippen LogP contribution in [0, 0.1) is 0 Å². The van der Waals surface area contributed by atoms with Gasteiger partial charge >= 0.3 is 0 Å². The number of nitrogens with one attached hydrogen (secondary N) is 1. The molecule has 1 aromatic heterocycles. The van der Waals surface area contributed by atoms with Crippen LogP contribution in [-0.2, 0) is 13.1 Å². The number of aromatic nitrogens is 2. The summed E-state index contributed by atoms with van der Waals surface area (Å²) in [6, 6.07) is 9.77. The lowest BCUT2D eigenvalue weighted by Crippen LogP contribution is -2.23. The zero-order valence-corrected chi connectivity index (χ0v) is 10.7. The van der Waals surface area contributed by atoms with Crippen LogP contribution in [0.15, 0.2) is 42.7 Å². The molecule has 5 heteroatoms. The molecule has 0 aliphatic carbocycles. The van der Waals surface area contributed by atoms with Gasteiger partial charge in [-0.25, -0.2) is 0 Å². The number of benzene rings is 1. The molecule has 0 saturated heterocycles. The van der Waals surface area contributed by atoms with E-state index in [1.807, 2.05) is 36.5 Å². The highest BCUT2D eigenvalue weighted by atomic mass is 16.3. The maximum atomic E-state index is 9.43. The van der Waals surface area contributed by atoms with Crippen molar-refractivity contribution in [2.24, 2.45) is 0 Å². The largest absolute Gasteiger partial charge is 0.394 e. The van der Waals surface area contributed by atoms with Crippen LogP contribution in [0.5, 0.6) is 0 Å². The molecule has 2 rings (SSSR count). The summed E-state index contributed by atoms with van der Waals surface area (Å²) in [4.78, 5) is 0. The van der Waals surface area contributed by atoms with Gasteiger partial charge in [-0.2, -0.15) is 5.10 Å². The second kappa shape index (κ2) is 7.04. The first-order valence-electron chi connectivity index (χ1n) is 6.35. The van der Waals surface area contributed by atoms with Gasteiger partial charge in [-0.05, 0) is 5.56 Å². The molecule has 0 spiro atoms. The van der Waals surface area contributed by atoms with E-state index in [-0.39, 0.29) is 19.3 Å². The SMILES string of the molecule is OCCn1cc(CNC(CO)c2ccccc2)cn1. The van der Waals surface area contributed by atoms with Gasteiger partial charge in [-0.3, -0.25) is 4.68 Å². The van der Waals surface area contributed by atoms with E-state index < -0.39 is 0 Å². The molecule has 0 radical (unpaired) electrons. The summed E-state index contributed by atoms with van der Waals surface area (Å²) in [5.41, 5.74) is 2.09. The van der Waals surface area contributed by atoms with Crippen molar-refractivity contribution in [3.8, 4) is 0 Å². The standard InChI is InChI=1S/C14H19N3O2/c18-7-6-17-10-12(9-16-17)8-15-14(11-19)13-4-2-1-3-5-13/h1-5,9-10,14-15,18-19H,6-8,11H2. The zero-order valence-electron chi connectivity index (χ0n) is 10.7. The zero-order chi connectivity index (χ0) is 13.5. The third kappa shape index (κ3) is 3.89. The van der Waals surface area contributed by atoms with Gasteiger partial charge in [-0.15, -0.1) is 0 Å². The minimum absolute atomic E-state index is 0.0504. The van der Waals surface area contributed by atoms with E-state index in [1.165, 1.54) is 0 Å². The number of hydrogen-bond acceptors (Lipinski definition) is 4. The summed E-state index contributed by atoms with van der Waals surface area (Å²) < 4.78 is 1.70. The Hall–Kier alpha value is -1.69. The lowest BCUT2D eigenvalue weighted by Gasteiger charge is -2.15. The summed E-state index contributed by atoms with van der Waals surface area (Å²) in [7, 11) is 0. The maximum absolute atomic E-state index is 9.43. The summed E-state index contributed by atoms with van der Waals surface area (Å²) in [5, 5.41) is 25.7. The highest BCUT2D eigenvalue weighted by molar-refractivity contribution is 5.19. The van der Waals surface area contributed by atoms with Crippen molar-refractivity contribution in [3.05, 3.63) is 53.9 Å². The van der Waals surface area contributed by atoms with Crippen LogP contribution in [0.1, 0.15) is 17.2 Å². The van der Waals surface area contributed by atoms with Crippen molar-refractivity contribution in [3.63, 3.8) is 0 Å². The van der Waals surface area contributed by atoms with Crippen LogP contribution in [0.2, 0.25) is 0 Å². The van der Waals surface area contributed by atoms with Gasteiger partial charge in [0.05, 0.1) is 32.0 Å². The highest BCUT2D eigenvalue weighted by Gasteiger charge is 2.09. The van der Waals surface area contributed by atoms with Crippen molar-refractivity contribution in [1.29, 1.82) is 0 Å². The highest BCUT2D eigenvalue weighted by Crippen LogP contribution is 2.12. The lowest BCUT2D eigenvalue weighted by molar-refractivity contribution is 0.243. The predicted octanol–water partition coefficient (Wildman–Crippen LogP) is 0.699. The quantitative estimate of drug-likeness (QED) is 0.686. The first-order valence-corrected chi connectivity index (χ1v) is 6.35. The molecule has 0 bridgehead atoms. The molecule has 1 atom stereocenters. The van der Waals surface area contributed by atoms with Crippen molar-refractivity contribution in [2.45, 2.75) is 19.1 Å². The number of nitrogens with zero attached hydrogens (tertiary/aromatic N) is 2. The first kappa shape index (κ1) is 13.7. The van der Waals surface area contributed by atoms with Crippen LogP contribution in [-0.4, -0.2) is 33.2 Å². The smallest absolute Gasteiger partial charge is 0.0640 e. The second-order valence-electron chi connectivity index (χ2n) is 4.36. The molecule has 1 unspecified atom stereocenters. The number of hydrogen-bond donors (Lipinski definition) is 3. The van der Waals surface area contributed by atoms with Gasteiger partial charge in [0.1, 0.15) is 0 Å². The normalized spacial score (nSPS) is 12.5. The molecule has 102 valence electrons. The van der Waals surface area contributed by atoms with E-state index in [4.69, 9.17) is 5.11 Å². The van der Waals surface area contributed by atoms with E-state index in [1.54, 1.807) is 10.9 Å². The van der Waals surface area contributed by atoms with E-state index in [0.29, 0.717) is 13.1 Å². The summed E-state index contributed by atoms with van der Waals surface area (Å²) in [5.74, 6) is 0. The Morgan fingerprint density at radius 2 is 2.00 bits per heavy atom. The Kier molecular flexibility index (Phi) is 5.09. The molecule has 0 saturated carbocycles. The molecular formula is C14H19N3O2. The van der Waals surface area contributed by atoms with Crippen LogP contribution < -0.4 is 5.32 Å². The monoisotopic (exact) mass is 261 g/mol. The number of aliphatic hydroxyl groups excluding tert-OH is 2. The molecule has 3 N–H and O–H groups in total. The van der Waals surface area contributed by atoms with E-state index in [0.717, 1.165) is 11.1 Å². The van der Waals surface area contributed by atoms with Crippen molar-refractivity contribution >= 4 is 0 Å². The summed E-state index contributed by atoms with van der Waals surface area (Å²) in [6.45, 7) is 1.26. The third-order valence-corrected chi connectivity index (χ3v) is 2.95. The Bertz CT molecular complexity index is 484. The number of rotatable bonds is 7. The molecule has 19 heavy (non-hydrogen) atoms. The third-order valence-electron chi connectivity index (χ3n) is 2.95. The molecule has 5 nitrogen and oxygen atoms in total. The number of aliphatic hydroxyl groups is 2. The molecule has 0 fully saturated rings. The van der Waals surface area contributed by atoms with Crippen molar-refractivity contribution in [1.82, 2.24) is 15.1 Å². The van der Waals surface area contributed by atoms with E-state index in [2.05, 4.69) is 10.4 Å². The molecule has 0 amide bonds. The second-order valence-corrected chi connectivity index (χ2v) is 4.36. The fraction of sp³-hybridized carbons (Fsp3) is 0.357. The fourth-order valence-corrected chi connectivity index (χ4v) is 1.94. The van der Waals surface area contributed by atoms with Crippen LogP contribution in [0.25, 0.3) is 0 Å². The van der Waals surface area contributed by atoms with Gasteiger partial charge < -0.3 is 15.5 Å². The van der Waals surface area contributed by atoms with Gasteiger partial charge in [-0.1, -0.05) is 30.3 Å². The average molecular weight is 261 g/mol. The van der Waals surface area contributed by atoms with Crippen LogP contribution in [0.3, 0.4) is 0 Å². The van der Waals surface area contributed by atoms with Crippen molar-refractivity contribution in [2.75, 3.05) is 13.2 Å². The predicted molar refractivity (Wildman–Crippen MR) is 72.4 cm³/mol. The molecule has 0 aliphatic rings. The summed E-state index contributed by atoms with van der Waals surface area (Å²) in [6.07, 6.45) is 3.66. The molecular weight excluding hydrogens is 242 g/mol. The topological polar surface area (TPSA) is 70.3 Å². The Morgan fingerprint density at radius 3 is 2.68 bits per heavy atom.